The highest BCUT2D eigenvalue weighted by Crippen LogP contribution is 2.26. The molecule has 28 heavy (non-hydrogen) atoms. The van der Waals surface area contributed by atoms with Gasteiger partial charge in [0, 0.05) is 15.7 Å². The van der Waals surface area contributed by atoms with E-state index in [4.69, 9.17) is 4.74 Å². The van der Waals surface area contributed by atoms with E-state index in [1.54, 1.807) is 24.3 Å². The SMILES string of the molecule is CCCOc1ccc(Br)cc1/C=C(\C#N)C(=O)Nc1ccc(C(=O)OC)cc1. The van der Waals surface area contributed by atoms with Crippen LogP contribution in [0.4, 0.5) is 5.69 Å². The summed E-state index contributed by atoms with van der Waals surface area (Å²) in [6.45, 7) is 2.52. The van der Waals surface area contributed by atoms with Gasteiger partial charge in [-0.15, -0.1) is 0 Å². The minimum absolute atomic E-state index is 0.0727. The van der Waals surface area contributed by atoms with Crippen molar-refractivity contribution >= 4 is 39.6 Å². The van der Waals surface area contributed by atoms with Crippen LogP contribution in [0.15, 0.2) is 52.5 Å². The molecular weight excluding hydrogens is 424 g/mol. The molecule has 2 rings (SSSR count). The van der Waals surface area contributed by atoms with Gasteiger partial charge in [0.1, 0.15) is 17.4 Å². The topological polar surface area (TPSA) is 88.4 Å². The Morgan fingerprint density at radius 3 is 2.54 bits per heavy atom. The molecule has 0 saturated carbocycles. The maximum absolute atomic E-state index is 12.5. The zero-order valence-electron chi connectivity index (χ0n) is 15.5. The Morgan fingerprint density at radius 2 is 1.93 bits per heavy atom. The van der Waals surface area contributed by atoms with Crippen LogP contribution in [0.2, 0.25) is 0 Å². The number of rotatable bonds is 7. The number of carbonyl (C=O) groups excluding carboxylic acids is 2. The summed E-state index contributed by atoms with van der Waals surface area (Å²) in [5, 5.41) is 12.1. The van der Waals surface area contributed by atoms with Crippen LogP contribution in [0.3, 0.4) is 0 Å². The smallest absolute Gasteiger partial charge is 0.337 e. The number of hydrogen-bond acceptors (Lipinski definition) is 5. The third-order valence-corrected chi connectivity index (χ3v) is 4.16. The summed E-state index contributed by atoms with van der Waals surface area (Å²) in [7, 11) is 1.29. The highest BCUT2D eigenvalue weighted by atomic mass is 79.9. The lowest BCUT2D eigenvalue weighted by Crippen LogP contribution is -2.13. The van der Waals surface area contributed by atoms with E-state index in [1.807, 2.05) is 19.1 Å². The Bertz CT molecular complexity index is 930. The maximum Gasteiger partial charge on any atom is 0.337 e. The minimum Gasteiger partial charge on any atom is -0.493 e. The molecule has 0 aliphatic rings. The maximum atomic E-state index is 12.5. The fourth-order valence-corrected chi connectivity index (χ4v) is 2.66. The van der Waals surface area contributed by atoms with Crippen molar-refractivity contribution in [2.45, 2.75) is 13.3 Å². The lowest BCUT2D eigenvalue weighted by atomic mass is 10.1. The van der Waals surface area contributed by atoms with Gasteiger partial charge in [0.05, 0.1) is 19.3 Å². The molecule has 0 aliphatic heterocycles. The Morgan fingerprint density at radius 1 is 1.21 bits per heavy atom. The van der Waals surface area contributed by atoms with E-state index in [0.717, 1.165) is 10.9 Å². The van der Waals surface area contributed by atoms with E-state index >= 15 is 0 Å². The Balaban J connectivity index is 2.23. The molecular formula is C21H19BrN2O4. The van der Waals surface area contributed by atoms with Crippen molar-refractivity contribution in [3.05, 3.63) is 63.6 Å². The zero-order chi connectivity index (χ0) is 20.5. The van der Waals surface area contributed by atoms with E-state index in [1.165, 1.54) is 25.3 Å². The van der Waals surface area contributed by atoms with Crippen LogP contribution in [0.5, 0.6) is 5.75 Å². The van der Waals surface area contributed by atoms with E-state index in [-0.39, 0.29) is 5.57 Å². The van der Waals surface area contributed by atoms with Gasteiger partial charge in [0.2, 0.25) is 0 Å². The van der Waals surface area contributed by atoms with Crippen LogP contribution in [0.1, 0.15) is 29.3 Å². The first-order valence-corrected chi connectivity index (χ1v) is 9.31. The number of ether oxygens (including phenoxy) is 2. The van der Waals surface area contributed by atoms with Gasteiger partial charge in [-0.25, -0.2) is 4.79 Å². The molecule has 0 spiro atoms. The van der Waals surface area contributed by atoms with Crippen molar-refractivity contribution in [1.29, 1.82) is 5.26 Å². The first-order chi connectivity index (χ1) is 13.5. The van der Waals surface area contributed by atoms with Crippen molar-refractivity contribution in [3.63, 3.8) is 0 Å². The Kier molecular flexibility index (Phi) is 7.78. The van der Waals surface area contributed by atoms with Crippen LogP contribution >= 0.6 is 15.9 Å². The van der Waals surface area contributed by atoms with Gasteiger partial charge in [-0.1, -0.05) is 22.9 Å². The van der Waals surface area contributed by atoms with Gasteiger partial charge < -0.3 is 14.8 Å². The number of nitrogens with one attached hydrogen (secondary N) is 1. The number of methoxy groups -OCH3 is 1. The summed E-state index contributed by atoms with van der Waals surface area (Å²) in [5.74, 6) is -0.437. The Labute approximate surface area is 171 Å². The van der Waals surface area contributed by atoms with Gasteiger partial charge in [-0.3, -0.25) is 4.79 Å². The molecule has 7 heteroatoms. The molecule has 0 heterocycles. The number of hydrogen-bond donors (Lipinski definition) is 1. The van der Waals surface area contributed by atoms with Gasteiger partial charge in [0.15, 0.2) is 0 Å². The molecule has 0 fully saturated rings. The van der Waals surface area contributed by atoms with E-state index in [9.17, 15) is 14.9 Å². The highest BCUT2D eigenvalue weighted by molar-refractivity contribution is 9.10. The van der Waals surface area contributed by atoms with E-state index in [0.29, 0.717) is 29.2 Å². The average Bonchev–Trinajstić information content (AvgIpc) is 2.71. The predicted octanol–water partition coefficient (Wildman–Crippen LogP) is 4.57. The molecule has 1 amide bonds. The molecule has 0 bridgehead atoms. The summed E-state index contributed by atoms with van der Waals surface area (Å²) in [6, 6.07) is 13.5. The molecule has 6 nitrogen and oxygen atoms in total. The monoisotopic (exact) mass is 442 g/mol. The standard InChI is InChI=1S/C21H19BrN2O4/c1-3-10-28-19-9-6-17(22)12-15(19)11-16(13-23)20(25)24-18-7-4-14(5-8-18)21(26)27-2/h4-9,11-12H,3,10H2,1-2H3,(H,24,25)/b16-11+. The third-order valence-electron chi connectivity index (χ3n) is 3.66. The first kappa shape index (κ1) is 21.2. The number of amides is 1. The largest absolute Gasteiger partial charge is 0.493 e. The lowest BCUT2D eigenvalue weighted by molar-refractivity contribution is -0.112. The molecule has 0 saturated heterocycles. The summed E-state index contributed by atoms with van der Waals surface area (Å²) < 4.78 is 11.1. The number of carbonyl (C=O) groups is 2. The highest BCUT2D eigenvalue weighted by Gasteiger charge is 2.13. The summed E-state index contributed by atoms with van der Waals surface area (Å²) in [4.78, 5) is 23.9. The van der Waals surface area contributed by atoms with Crippen molar-refractivity contribution < 1.29 is 19.1 Å². The summed E-state index contributed by atoms with van der Waals surface area (Å²) in [6.07, 6.45) is 2.32. The van der Waals surface area contributed by atoms with E-state index < -0.39 is 11.9 Å². The third kappa shape index (κ3) is 5.69. The van der Waals surface area contributed by atoms with Gasteiger partial charge >= 0.3 is 5.97 Å². The fourth-order valence-electron chi connectivity index (χ4n) is 2.29. The fraction of sp³-hybridized carbons (Fsp3) is 0.190. The lowest BCUT2D eigenvalue weighted by Gasteiger charge is -2.10. The number of nitriles is 1. The molecule has 2 aromatic carbocycles. The number of halogens is 1. The molecule has 0 aromatic heterocycles. The normalized spacial score (nSPS) is 10.7. The first-order valence-electron chi connectivity index (χ1n) is 8.52. The van der Waals surface area contributed by atoms with Crippen molar-refractivity contribution in [2.24, 2.45) is 0 Å². The number of esters is 1. The average molecular weight is 443 g/mol. The Hall–Kier alpha value is -3.11. The van der Waals surface area contributed by atoms with Crippen LogP contribution in [-0.2, 0) is 9.53 Å². The summed E-state index contributed by atoms with van der Waals surface area (Å²) in [5.41, 5.74) is 1.37. The van der Waals surface area contributed by atoms with E-state index in [2.05, 4.69) is 26.0 Å². The summed E-state index contributed by atoms with van der Waals surface area (Å²) >= 11 is 3.39. The number of nitrogens with zero attached hydrogens (tertiary/aromatic N) is 1. The molecule has 144 valence electrons. The predicted molar refractivity (Wildman–Crippen MR) is 110 cm³/mol. The van der Waals surface area contributed by atoms with Gasteiger partial charge in [0.25, 0.3) is 5.91 Å². The molecule has 0 atom stereocenters. The van der Waals surface area contributed by atoms with Crippen LogP contribution in [0.25, 0.3) is 6.08 Å². The molecule has 2 aromatic rings. The van der Waals surface area contributed by atoms with Crippen LogP contribution in [-0.4, -0.2) is 25.6 Å². The van der Waals surface area contributed by atoms with Crippen molar-refractivity contribution in [2.75, 3.05) is 19.0 Å². The minimum atomic E-state index is -0.560. The second-order valence-electron chi connectivity index (χ2n) is 5.72. The molecule has 0 radical (unpaired) electrons. The number of anilines is 1. The van der Waals surface area contributed by atoms with Crippen LogP contribution < -0.4 is 10.1 Å². The molecule has 0 unspecified atom stereocenters. The van der Waals surface area contributed by atoms with Crippen molar-refractivity contribution in [1.82, 2.24) is 0 Å². The molecule has 0 aliphatic carbocycles. The van der Waals surface area contributed by atoms with Gasteiger partial charge in [-0.2, -0.15) is 5.26 Å². The number of benzene rings is 2. The molecule has 1 N–H and O–H groups in total. The second-order valence-corrected chi connectivity index (χ2v) is 6.64. The second kappa shape index (κ2) is 10.3. The zero-order valence-corrected chi connectivity index (χ0v) is 17.1. The van der Waals surface area contributed by atoms with Gasteiger partial charge in [-0.05, 0) is 55.0 Å². The van der Waals surface area contributed by atoms with Crippen LogP contribution in [0, 0.1) is 11.3 Å². The van der Waals surface area contributed by atoms with Crippen molar-refractivity contribution in [3.8, 4) is 11.8 Å². The quantitative estimate of drug-likeness (QED) is 0.385.